The molecule has 0 saturated carbocycles. The number of quaternary nitrogens is 1. The molecule has 0 rings (SSSR count). The van der Waals surface area contributed by atoms with Gasteiger partial charge in [-0.2, -0.15) is 0 Å². The van der Waals surface area contributed by atoms with Crippen molar-refractivity contribution in [2.24, 2.45) is 0 Å². The Balaban J connectivity index is 3.86. The van der Waals surface area contributed by atoms with Crippen LogP contribution >= 0.6 is 7.82 Å². The van der Waals surface area contributed by atoms with Crippen molar-refractivity contribution in [2.75, 3.05) is 40.9 Å². The molecule has 0 aliphatic heterocycles. The van der Waals surface area contributed by atoms with Crippen molar-refractivity contribution in [3.05, 3.63) is 0 Å². The number of aliphatic hydroxyl groups is 2. The van der Waals surface area contributed by atoms with Crippen molar-refractivity contribution in [3.8, 4) is 0 Å². The number of likely N-dealkylation sites (N-methyl/N-ethyl adjacent to an activating group) is 1. The zero-order chi connectivity index (χ0) is 55.0. The lowest BCUT2D eigenvalue weighted by Gasteiger charge is -2.28. The van der Waals surface area contributed by atoms with Gasteiger partial charge in [0.05, 0.1) is 39.9 Å². The average Bonchev–Trinajstić information content (AvgIpc) is 3.37. The molecule has 0 aromatic carbocycles. The van der Waals surface area contributed by atoms with E-state index >= 15 is 0 Å². The fourth-order valence-electron chi connectivity index (χ4n) is 10.7. The standard InChI is InChI=1S/C65H133N2O7P/c1-6-8-10-12-14-16-18-20-21-22-23-24-25-26-27-28-29-30-31-32-33-34-35-36-37-38-39-40-41-42-43-44-45-46-48-50-52-54-56-58-64(69)66-62(61-74-75(71,72)73-60-59-67(3,4)5)65(70)63(68)57-55-53-51-49-47-19-17-15-13-11-9-7-2/h62-63,65,68,70H,6-61H2,1-5H3,(H-,66,69,71,72)/p+1. The molecule has 1 amide bonds. The second-order valence-corrected chi connectivity index (χ2v) is 26.2. The molecule has 0 bridgehead atoms. The Morgan fingerprint density at radius 1 is 0.413 bits per heavy atom. The predicted octanol–water partition coefficient (Wildman–Crippen LogP) is 19.7. The molecule has 10 heteroatoms. The van der Waals surface area contributed by atoms with Gasteiger partial charge in [0.1, 0.15) is 19.3 Å². The number of carbonyl (C=O) groups excluding carboxylic acids is 1. The van der Waals surface area contributed by atoms with Crippen molar-refractivity contribution in [1.82, 2.24) is 5.32 Å². The van der Waals surface area contributed by atoms with Crippen molar-refractivity contribution in [2.45, 2.75) is 372 Å². The van der Waals surface area contributed by atoms with Gasteiger partial charge in [0.15, 0.2) is 0 Å². The molecular weight excluding hydrogens is 952 g/mol. The van der Waals surface area contributed by atoms with E-state index in [2.05, 4.69) is 19.2 Å². The molecule has 0 fully saturated rings. The summed E-state index contributed by atoms with van der Waals surface area (Å²) < 4.78 is 23.7. The van der Waals surface area contributed by atoms with Crippen LogP contribution in [-0.2, 0) is 18.4 Å². The van der Waals surface area contributed by atoms with E-state index in [-0.39, 0.29) is 12.5 Å². The minimum atomic E-state index is -4.42. The van der Waals surface area contributed by atoms with Crippen molar-refractivity contribution >= 4 is 13.7 Å². The largest absolute Gasteiger partial charge is 0.472 e. The molecule has 0 aromatic rings. The third-order valence-electron chi connectivity index (χ3n) is 15.9. The van der Waals surface area contributed by atoms with E-state index < -0.39 is 32.7 Å². The minimum absolute atomic E-state index is 0.0260. The lowest BCUT2D eigenvalue weighted by molar-refractivity contribution is -0.870. The molecule has 450 valence electrons. The lowest BCUT2D eigenvalue weighted by Crippen LogP contribution is -2.51. The number of aliphatic hydroxyl groups excluding tert-OH is 2. The van der Waals surface area contributed by atoms with Gasteiger partial charge in [-0.3, -0.25) is 13.8 Å². The van der Waals surface area contributed by atoms with Gasteiger partial charge in [0.25, 0.3) is 0 Å². The van der Waals surface area contributed by atoms with E-state index in [1.807, 2.05) is 21.1 Å². The molecule has 0 aromatic heterocycles. The van der Waals surface area contributed by atoms with Gasteiger partial charge in [0, 0.05) is 6.42 Å². The van der Waals surface area contributed by atoms with E-state index in [0.717, 1.165) is 38.5 Å². The normalized spacial score (nSPS) is 14.1. The van der Waals surface area contributed by atoms with Gasteiger partial charge in [-0.05, 0) is 12.8 Å². The first-order chi connectivity index (χ1) is 36.4. The number of carbonyl (C=O) groups is 1. The quantitative estimate of drug-likeness (QED) is 0.0272. The highest BCUT2D eigenvalue weighted by Gasteiger charge is 2.32. The van der Waals surface area contributed by atoms with Crippen molar-refractivity contribution in [1.29, 1.82) is 0 Å². The number of nitrogens with zero attached hydrogens (tertiary/aromatic N) is 1. The molecule has 4 atom stereocenters. The Morgan fingerprint density at radius 3 is 0.933 bits per heavy atom. The zero-order valence-electron chi connectivity index (χ0n) is 51.2. The summed E-state index contributed by atoms with van der Waals surface area (Å²) in [5.41, 5.74) is 0. The van der Waals surface area contributed by atoms with Crippen LogP contribution in [0.2, 0.25) is 0 Å². The first kappa shape index (κ1) is 74.5. The maximum Gasteiger partial charge on any atom is 0.472 e. The van der Waals surface area contributed by atoms with Crippen LogP contribution in [0.1, 0.15) is 354 Å². The summed E-state index contributed by atoms with van der Waals surface area (Å²) in [6.07, 6.45) is 66.8. The summed E-state index contributed by atoms with van der Waals surface area (Å²) >= 11 is 0. The first-order valence-corrected chi connectivity index (χ1v) is 35.0. The smallest absolute Gasteiger partial charge is 0.390 e. The first-order valence-electron chi connectivity index (χ1n) is 33.5. The highest BCUT2D eigenvalue weighted by atomic mass is 31.2. The van der Waals surface area contributed by atoms with Gasteiger partial charge < -0.3 is 24.9 Å². The Morgan fingerprint density at radius 2 is 0.667 bits per heavy atom. The Labute approximate surface area is 468 Å². The van der Waals surface area contributed by atoms with E-state index in [1.165, 1.54) is 289 Å². The van der Waals surface area contributed by atoms with Gasteiger partial charge >= 0.3 is 7.82 Å². The van der Waals surface area contributed by atoms with Crippen LogP contribution < -0.4 is 5.32 Å². The molecule has 0 aliphatic carbocycles. The minimum Gasteiger partial charge on any atom is -0.390 e. The van der Waals surface area contributed by atoms with E-state index in [1.54, 1.807) is 0 Å². The number of amides is 1. The zero-order valence-corrected chi connectivity index (χ0v) is 52.1. The van der Waals surface area contributed by atoms with Crippen LogP contribution in [0.3, 0.4) is 0 Å². The van der Waals surface area contributed by atoms with Crippen LogP contribution in [0, 0.1) is 0 Å². The van der Waals surface area contributed by atoms with Crippen molar-refractivity contribution in [3.63, 3.8) is 0 Å². The number of phosphoric ester groups is 1. The van der Waals surface area contributed by atoms with Crippen LogP contribution in [-0.4, -0.2) is 84.6 Å². The summed E-state index contributed by atoms with van der Waals surface area (Å²) in [5.74, 6) is -0.250. The SMILES string of the molecule is CCCCCCCCCCCCCCCCCCCCCCCCCCCCCCCCCCCCCCCCCC(=O)NC(COP(=O)(O)OCC[N+](C)(C)C)C(O)C(O)CCCCCCCCCCCCCC. The summed E-state index contributed by atoms with van der Waals surface area (Å²) in [5, 5.41) is 24.9. The molecule has 0 spiro atoms. The molecule has 75 heavy (non-hydrogen) atoms. The van der Waals surface area contributed by atoms with Crippen molar-refractivity contribution < 1.29 is 38.0 Å². The van der Waals surface area contributed by atoms with E-state index in [0.29, 0.717) is 23.9 Å². The molecule has 4 unspecified atom stereocenters. The molecule has 0 saturated heterocycles. The van der Waals surface area contributed by atoms with Crippen LogP contribution in [0.15, 0.2) is 0 Å². The number of hydrogen-bond acceptors (Lipinski definition) is 6. The summed E-state index contributed by atoms with van der Waals surface area (Å²) in [6, 6.07) is -1.03. The summed E-state index contributed by atoms with van der Waals surface area (Å²) in [6.45, 7) is 4.66. The second kappa shape index (κ2) is 56.7. The van der Waals surface area contributed by atoms with Gasteiger partial charge in [-0.1, -0.05) is 335 Å². The Hall–Kier alpha value is -0.540. The number of rotatable bonds is 63. The Bertz CT molecular complexity index is 1200. The lowest BCUT2D eigenvalue weighted by atomic mass is 9.99. The van der Waals surface area contributed by atoms with Gasteiger partial charge in [0.2, 0.25) is 5.91 Å². The highest BCUT2D eigenvalue weighted by molar-refractivity contribution is 7.47. The van der Waals surface area contributed by atoms with Gasteiger partial charge in [-0.25, -0.2) is 4.57 Å². The number of hydrogen-bond donors (Lipinski definition) is 4. The van der Waals surface area contributed by atoms with E-state index in [4.69, 9.17) is 9.05 Å². The van der Waals surface area contributed by atoms with Gasteiger partial charge in [-0.15, -0.1) is 0 Å². The monoisotopic (exact) mass is 1090 g/mol. The molecule has 0 radical (unpaired) electrons. The third-order valence-corrected chi connectivity index (χ3v) is 16.9. The fraction of sp³-hybridized carbons (Fsp3) is 0.985. The predicted molar refractivity (Wildman–Crippen MR) is 325 cm³/mol. The molecule has 0 aliphatic rings. The Kier molecular flexibility index (Phi) is 56.3. The average molecular weight is 1090 g/mol. The summed E-state index contributed by atoms with van der Waals surface area (Å²) in [7, 11) is 1.46. The van der Waals surface area contributed by atoms with Crippen LogP contribution in [0.5, 0.6) is 0 Å². The molecule has 9 nitrogen and oxygen atoms in total. The fourth-order valence-corrected chi connectivity index (χ4v) is 11.4. The highest BCUT2D eigenvalue weighted by Crippen LogP contribution is 2.43. The molecular formula is C65H134N2O7P+. The topological polar surface area (TPSA) is 125 Å². The van der Waals surface area contributed by atoms with Crippen LogP contribution in [0.4, 0.5) is 0 Å². The summed E-state index contributed by atoms with van der Waals surface area (Å²) in [4.78, 5) is 23.4. The molecule has 4 N–H and O–H groups in total. The van der Waals surface area contributed by atoms with E-state index in [9.17, 15) is 24.5 Å². The number of unbranched alkanes of at least 4 members (excludes halogenated alkanes) is 49. The maximum absolute atomic E-state index is 13.0. The number of phosphoric acid groups is 1. The van der Waals surface area contributed by atoms with Crippen LogP contribution in [0.25, 0.3) is 0 Å². The number of nitrogens with one attached hydrogen (secondary N) is 1. The molecule has 0 heterocycles. The maximum atomic E-state index is 13.0. The second-order valence-electron chi connectivity index (χ2n) is 24.7. The third kappa shape index (κ3) is 57.9.